The average Bonchev–Trinajstić information content (AvgIpc) is 3.62. The van der Waals surface area contributed by atoms with Gasteiger partial charge in [-0.1, -0.05) is 23.4 Å². The van der Waals surface area contributed by atoms with Crippen LogP contribution in [0, 0.1) is 0 Å². The molecule has 4 heterocycles. The summed E-state index contributed by atoms with van der Waals surface area (Å²) in [6.07, 6.45) is -2.00. The van der Waals surface area contributed by atoms with Crippen molar-refractivity contribution in [1.82, 2.24) is 14.9 Å². The number of methoxy groups -OCH3 is 1. The van der Waals surface area contributed by atoms with Gasteiger partial charge in [-0.2, -0.15) is 13.2 Å². The number of hydrogen-bond acceptors (Lipinski definition) is 8. The van der Waals surface area contributed by atoms with E-state index in [2.05, 4.69) is 10.1 Å². The van der Waals surface area contributed by atoms with Crippen molar-refractivity contribution in [3.8, 4) is 11.6 Å². The SMILES string of the molecule is COc1cccnc1OCC(=O)N1CCC(c2nc(C3=NOC(c4ccccc4C(F)(F)F)C3)cs2)CC1. The van der Waals surface area contributed by atoms with Gasteiger partial charge in [0.05, 0.1) is 23.4 Å². The molecule has 0 saturated carbocycles. The molecule has 8 nitrogen and oxygen atoms in total. The van der Waals surface area contributed by atoms with Gasteiger partial charge in [0, 0.05) is 42.6 Å². The molecular formula is C26H25F3N4O4S. The molecule has 3 aromatic rings. The maximum atomic E-state index is 13.4. The van der Waals surface area contributed by atoms with Crippen molar-refractivity contribution in [2.75, 3.05) is 26.8 Å². The van der Waals surface area contributed by atoms with Crippen molar-refractivity contribution in [2.24, 2.45) is 5.16 Å². The van der Waals surface area contributed by atoms with Gasteiger partial charge >= 0.3 is 6.18 Å². The van der Waals surface area contributed by atoms with Crippen LogP contribution in [0.2, 0.25) is 0 Å². The Morgan fingerprint density at radius 1 is 1.18 bits per heavy atom. The molecule has 0 N–H and O–H groups in total. The van der Waals surface area contributed by atoms with E-state index in [0.717, 1.165) is 23.9 Å². The lowest BCUT2D eigenvalue weighted by Gasteiger charge is -2.31. The number of aromatic nitrogens is 2. The number of amides is 1. The molecule has 5 rings (SSSR count). The first-order valence-corrected chi connectivity index (χ1v) is 13.0. The van der Waals surface area contributed by atoms with Gasteiger partial charge in [0.1, 0.15) is 5.71 Å². The second kappa shape index (κ2) is 11.0. The number of alkyl halides is 3. The summed E-state index contributed by atoms with van der Waals surface area (Å²) in [6, 6.07) is 8.83. The lowest BCUT2D eigenvalue weighted by atomic mass is 9.97. The van der Waals surface area contributed by atoms with Gasteiger partial charge in [-0.3, -0.25) is 4.79 Å². The van der Waals surface area contributed by atoms with Crippen LogP contribution in [0.4, 0.5) is 13.2 Å². The number of carbonyl (C=O) groups is 1. The second-order valence-corrected chi connectivity index (χ2v) is 9.84. The molecule has 2 aliphatic rings. The van der Waals surface area contributed by atoms with Crippen LogP contribution in [0.1, 0.15) is 53.1 Å². The first-order chi connectivity index (χ1) is 18.3. The zero-order valence-corrected chi connectivity index (χ0v) is 21.3. The number of piperidine rings is 1. The predicted molar refractivity (Wildman–Crippen MR) is 133 cm³/mol. The lowest BCUT2D eigenvalue weighted by Crippen LogP contribution is -2.40. The molecule has 0 spiro atoms. The Bertz CT molecular complexity index is 1320. The number of benzene rings is 1. The lowest BCUT2D eigenvalue weighted by molar-refractivity contribution is -0.139. The molecule has 0 aliphatic carbocycles. The largest absolute Gasteiger partial charge is 0.491 e. The van der Waals surface area contributed by atoms with E-state index < -0.39 is 17.8 Å². The number of ether oxygens (including phenoxy) is 2. The molecule has 1 amide bonds. The fourth-order valence-electron chi connectivity index (χ4n) is 4.58. The van der Waals surface area contributed by atoms with Gasteiger partial charge in [0.2, 0.25) is 0 Å². The van der Waals surface area contributed by atoms with Gasteiger partial charge < -0.3 is 19.2 Å². The fraction of sp³-hybridized carbons (Fsp3) is 0.385. The fourth-order valence-corrected chi connectivity index (χ4v) is 5.58. The third-order valence-corrected chi connectivity index (χ3v) is 7.59. The summed E-state index contributed by atoms with van der Waals surface area (Å²) in [5, 5.41) is 6.83. The van der Waals surface area contributed by atoms with Crippen molar-refractivity contribution >= 4 is 23.0 Å². The normalized spacial score (nSPS) is 18.2. The molecule has 0 radical (unpaired) electrons. The third-order valence-electron chi connectivity index (χ3n) is 6.58. The standard InChI is InChI=1S/C26H25F3N4O4S/c1-35-21-7-4-10-30-24(21)36-14-23(34)33-11-8-16(9-12-33)25-31-20(15-38-25)19-13-22(37-32-19)17-5-2-3-6-18(17)26(27,28)29/h2-7,10,15-16,22H,8-9,11-14H2,1H3. The molecule has 12 heteroatoms. The summed E-state index contributed by atoms with van der Waals surface area (Å²) >= 11 is 1.49. The van der Waals surface area contributed by atoms with E-state index in [1.165, 1.54) is 30.6 Å². The van der Waals surface area contributed by atoms with Crippen LogP contribution in [0.15, 0.2) is 53.1 Å². The van der Waals surface area contributed by atoms with Crippen LogP contribution >= 0.6 is 11.3 Å². The van der Waals surface area contributed by atoms with Crippen LogP contribution < -0.4 is 9.47 Å². The maximum absolute atomic E-state index is 13.4. The highest BCUT2D eigenvalue weighted by Gasteiger charge is 2.37. The summed E-state index contributed by atoms with van der Waals surface area (Å²) in [4.78, 5) is 28.6. The van der Waals surface area contributed by atoms with Gasteiger partial charge in [0.15, 0.2) is 18.5 Å². The van der Waals surface area contributed by atoms with Crippen molar-refractivity contribution < 1.29 is 32.3 Å². The zero-order chi connectivity index (χ0) is 26.7. The zero-order valence-electron chi connectivity index (χ0n) is 20.5. The van der Waals surface area contributed by atoms with E-state index in [-0.39, 0.29) is 36.3 Å². The summed E-state index contributed by atoms with van der Waals surface area (Å²) in [6.45, 7) is 1.01. The van der Waals surface area contributed by atoms with Gasteiger partial charge in [-0.15, -0.1) is 11.3 Å². The minimum Gasteiger partial charge on any atom is -0.491 e. The highest BCUT2D eigenvalue weighted by Crippen LogP contribution is 2.39. The number of pyridine rings is 1. The Hall–Kier alpha value is -3.67. The molecule has 0 bridgehead atoms. The summed E-state index contributed by atoms with van der Waals surface area (Å²) in [5.74, 6) is 0.793. The smallest absolute Gasteiger partial charge is 0.416 e. The van der Waals surface area contributed by atoms with Crippen LogP contribution in [0.25, 0.3) is 0 Å². The van der Waals surface area contributed by atoms with Crippen molar-refractivity contribution in [3.63, 3.8) is 0 Å². The summed E-state index contributed by atoms with van der Waals surface area (Å²) in [5.41, 5.74) is 0.500. The predicted octanol–water partition coefficient (Wildman–Crippen LogP) is 5.22. The quantitative estimate of drug-likeness (QED) is 0.404. The first kappa shape index (κ1) is 26.0. The number of oxime groups is 1. The van der Waals surface area contributed by atoms with Gasteiger partial charge in [-0.25, -0.2) is 9.97 Å². The van der Waals surface area contributed by atoms with Crippen molar-refractivity contribution in [1.29, 1.82) is 0 Å². The number of carbonyl (C=O) groups excluding carboxylic acids is 1. The summed E-state index contributed by atoms with van der Waals surface area (Å²) < 4.78 is 51.0. The molecule has 2 aromatic heterocycles. The van der Waals surface area contributed by atoms with Crippen LogP contribution in [-0.2, 0) is 15.8 Å². The minimum absolute atomic E-state index is 0.0664. The average molecular weight is 547 g/mol. The van der Waals surface area contributed by atoms with Crippen molar-refractivity contribution in [2.45, 2.75) is 37.5 Å². The molecule has 1 saturated heterocycles. The molecule has 1 atom stereocenters. The Morgan fingerprint density at radius 3 is 2.74 bits per heavy atom. The van der Waals surface area contributed by atoms with E-state index >= 15 is 0 Å². The number of thiazole rings is 1. The molecule has 38 heavy (non-hydrogen) atoms. The number of halogens is 3. The number of nitrogens with zero attached hydrogens (tertiary/aromatic N) is 4. The molecule has 200 valence electrons. The van der Waals surface area contributed by atoms with Crippen LogP contribution in [0.3, 0.4) is 0 Å². The van der Waals surface area contributed by atoms with Gasteiger partial charge in [-0.05, 0) is 31.0 Å². The Labute approximate surface area is 221 Å². The molecular weight excluding hydrogens is 521 g/mol. The maximum Gasteiger partial charge on any atom is 0.416 e. The van der Waals surface area contributed by atoms with Crippen LogP contribution in [-0.4, -0.2) is 53.3 Å². The van der Waals surface area contributed by atoms with E-state index in [9.17, 15) is 18.0 Å². The monoisotopic (exact) mass is 546 g/mol. The molecule has 2 aliphatic heterocycles. The third kappa shape index (κ3) is 5.59. The van der Waals surface area contributed by atoms with Crippen molar-refractivity contribution in [3.05, 3.63) is 69.8 Å². The Balaban J connectivity index is 1.15. The molecule has 1 fully saturated rings. The van der Waals surface area contributed by atoms with E-state index in [1.54, 1.807) is 29.3 Å². The summed E-state index contributed by atoms with van der Waals surface area (Å²) in [7, 11) is 1.51. The number of hydrogen-bond donors (Lipinski definition) is 0. The molecule has 1 aromatic carbocycles. The molecule has 1 unspecified atom stereocenters. The number of rotatable bonds is 7. The Morgan fingerprint density at radius 2 is 1.97 bits per heavy atom. The van der Waals surface area contributed by atoms with E-state index in [4.69, 9.17) is 19.3 Å². The highest BCUT2D eigenvalue weighted by atomic mass is 32.1. The number of likely N-dealkylation sites (tertiary alicyclic amines) is 1. The highest BCUT2D eigenvalue weighted by molar-refractivity contribution is 7.10. The van der Waals surface area contributed by atoms with Crippen LogP contribution in [0.5, 0.6) is 11.6 Å². The minimum atomic E-state index is -4.47. The van der Waals surface area contributed by atoms with Gasteiger partial charge in [0.25, 0.3) is 11.8 Å². The Kier molecular flexibility index (Phi) is 7.50. The second-order valence-electron chi connectivity index (χ2n) is 8.95. The van der Waals surface area contributed by atoms with E-state index in [0.29, 0.717) is 30.2 Å². The first-order valence-electron chi connectivity index (χ1n) is 12.1. The topological polar surface area (TPSA) is 86.1 Å². The van der Waals surface area contributed by atoms with E-state index in [1.807, 2.05) is 5.38 Å².